The predicted octanol–water partition coefficient (Wildman–Crippen LogP) is 1.22. The number of methoxy groups -OCH3 is 1. The van der Waals surface area contributed by atoms with Crippen LogP contribution in [0.25, 0.3) is 0 Å². The molecule has 1 heterocycles. The van der Waals surface area contributed by atoms with Crippen LogP contribution in [0.15, 0.2) is 0 Å². The van der Waals surface area contributed by atoms with Crippen molar-refractivity contribution in [3.05, 3.63) is 0 Å². The number of nitrogens with zero attached hydrogens (tertiary/aromatic N) is 1. The molecule has 6 heteroatoms. The average molecular weight is 299 g/mol. The summed E-state index contributed by atoms with van der Waals surface area (Å²) in [7, 11) is 1.61. The van der Waals surface area contributed by atoms with Crippen LogP contribution in [0.4, 0.5) is 4.79 Å². The van der Waals surface area contributed by atoms with Gasteiger partial charge in [-0.05, 0) is 18.8 Å². The van der Waals surface area contributed by atoms with Crippen molar-refractivity contribution in [2.45, 2.75) is 33.6 Å². The maximum absolute atomic E-state index is 12.0. The minimum atomic E-state index is -0.369. The molecule has 0 spiro atoms. The first-order chi connectivity index (χ1) is 9.84. The van der Waals surface area contributed by atoms with Gasteiger partial charge in [0.2, 0.25) is 5.91 Å². The highest BCUT2D eigenvalue weighted by molar-refractivity contribution is 5.81. The third kappa shape index (κ3) is 6.33. The van der Waals surface area contributed by atoms with Crippen LogP contribution in [-0.4, -0.2) is 56.7 Å². The molecule has 0 aliphatic carbocycles. The SMILES string of the molecule is COCCNC(=O)N1CCCC(CNC(=O)C(C)(C)C)C1. The van der Waals surface area contributed by atoms with Crippen molar-refractivity contribution < 1.29 is 14.3 Å². The van der Waals surface area contributed by atoms with E-state index in [2.05, 4.69) is 10.6 Å². The number of hydrogen-bond acceptors (Lipinski definition) is 3. The van der Waals surface area contributed by atoms with Crippen LogP contribution in [-0.2, 0) is 9.53 Å². The Morgan fingerprint density at radius 2 is 2.00 bits per heavy atom. The zero-order valence-electron chi connectivity index (χ0n) is 13.7. The molecule has 3 amide bonds. The van der Waals surface area contributed by atoms with E-state index in [0.29, 0.717) is 32.2 Å². The molecule has 1 saturated heterocycles. The smallest absolute Gasteiger partial charge is 0.317 e. The number of hydrogen-bond donors (Lipinski definition) is 2. The summed E-state index contributed by atoms with van der Waals surface area (Å²) < 4.78 is 4.92. The fourth-order valence-electron chi connectivity index (χ4n) is 2.29. The number of piperidine rings is 1. The van der Waals surface area contributed by atoms with Gasteiger partial charge in [0, 0.05) is 38.7 Å². The molecule has 0 bridgehead atoms. The van der Waals surface area contributed by atoms with E-state index in [1.165, 1.54) is 0 Å². The summed E-state index contributed by atoms with van der Waals surface area (Å²) in [6.45, 7) is 8.86. The molecule has 21 heavy (non-hydrogen) atoms. The molecule has 1 rings (SSSR count). The molecular formula is C15H29N3O3. The van der Waals surface area contributed by atoms with Crippen LogP contribution in [0.1, 0.15) is 33.6 Å². The normalized spacial score (nSPS) is 19.2. The van der Waals surface area contributed by atoms with Crippen molar-refractivity contribution in [3.63, 3.8) is 0 Å². The molecule has 0 radical (unpaired) electrons. The summed E-state index contributed by atoms with van der Waals surface area (Å²) in [5.41, 5.74) is -0.369. The van der Waals surface area contributed by atoms with Crippen LogP contribution in [0.2, 0.25) is 0 Å². The number of nitrogens with one attached hydrogen (secondary N) is 2. The second kappa shape index (κ2) is 8.22. The van der Waals surface area contributed by atoms with Gasteiger partial charge >= 0.3 is 6.03 Å². The number of carbonyl (C=O) groups excluding carboxylic acids is 2. The van der Waals surface area contributed by atoms with Gasteiger partial charge in [0.05, 0.1) is 6.61 Å². The predicted molar refractivity (Wildman–Crippen MR) is 82.0 cm³/mol. The molecule has 1 aliphatic rings. The number of rotatable bonds is 5. The van der Waals surface area contributed by atoms with E-state index in [9.17, 15) is 9.59 Å². The lowest BCUT2D eigenvalue weighted by Gasteiger charge is -2.33. The lowest BCUT2D eigenvalue weighted by atomic mass is 9.94. The van der Waals surface area contributed by atoms with E-state index in [4.69, 9.17) is 4.74 Å². The summed E-state index contributed by atoms with van der Waals surface area (Å²) in [6.07, 6.45) is 2.03. The maximum Gasteiger partial charge on any atom is 0.317 e. The Morgan fingerprint density at radius 1 is 1.29 bits per heavy atom. The van der Waals surface area contributed by atoms with Gasteiger partial charge in [-0.2, -0.15) is 0 Å². The number of carbonyl (C=O) groups is 2. The molecular weight excluding hydrogens is 270 g/mol. The lowest BCUT2D eigenvalue weighted by molar-refractivity contribution is -0.128. The second-order valence-corrected chi connectivity index (χ2v) is 6.64. The Balaban J connectivity index is 2.35. The fourth-order valence-corrected chi connectivity index (χ4v) is 2.29. The van der Waals surface area contributed by atoms with E-state index >= 15 is 0 Å². The third-order valence-corrected chi connectivity index (χ3v) is 3.62. The third-order valence-electron chi connectivity index (χ3n) is 3.62. The zero-order valence-corrected chi connectivity index (χ0v) is 13.7. The van der Waals surface area contributed by atoms with Crippen molar-refractivity contribution in [2.24, 2.45) is 11.3 Å². The molecule has 0 aromatic rings. The standard InChI is InChI=1S/C15H29N3O3/c1-15(2,3)13(19)17-10-12-6-5-8-18(11-12)14(20)16-7-9-21-4/h12H,5-11H2,1-4H3,(H,16,20)(H,17,19). The van der Waals surface area contributed by atoms with Crippen LogP contribution in [0.5, 0.6) is 0 Å². The van der Waals surface area contributed by atoms with Crippen molar-refractivity contribution in [3.8, 4) is 0 Å². The molecule has 1 fully saturated rings. The van der Waals surface area contributed by atoms with E-state index < -0.39 is 0 Å². The first-order valence-electron chi connectivity index (χ1n) is 7.64. The molecule has 0 saturated carbocycles. The summed E-state index contributed by atoms with van der Waals surface area (Å²) in [6, 6.07) is -0.0427. The van der Waals surface area contributed by atoms with Gasteiger partial charge in [0.25, 0.3) is 0 Å². The van der Waals surface area contributed by atoms with E-state index in [0.717, 1.165) is 19.4 Å². The highest BCUT2D eigenvalue weighted by atomic mass is 16.5. The quantitative estimate of drug-likeness (QED) is 0.750. The second-order valence-electron chi connectivity index (χ2n) is 6.64. The van der Waals surface area contributed by atoms with Crippen LogP contribution < -0.4 is 10.6 Å². The minimum Gasteiger partial charge on any atom is -0.383 e. The summed E-state index contributed by atoms with van der Waals surface area (Å²) in [5.74, 6) is 0.391. The van der Waals surface area contributed by atoms with E-state index in [1.54, 1.807) is 7.11 Å². The van der Waals surface area contributed by atoms with Crippen LogP contribution >= 0.6 is 0 Å². The molecule has 1 unspecified atom stereocenters. The first-order valence-corrected chi connectivity index (χ1v) is 7.64. The Kier molecular flexibility index (Phi) is 6.95. The molecule has 0 aromatic carbocycles. The van der Waals surface area contributed by atoms with Gasteiger partial charge in [-0.1, -0.05) is 20.8 Å². The van der Waals surface area contributed by atoms with Crippen molar-refractivity contribution in [1.82, 2.24) is 15.5 Å². The van der Waals surface area contributed by atoms with Gasteiger partial charge in [0.15, 0.2) is 0 Å². The molecule has 0 aromatic heterocycles. The van der Waals surface area contributed by atoms with Crippen LogP contribution in [0, 0.1) is 11.3 Å². The van der Waals surface area contributed by atoms with Gasteiger partial charge in [-0.25, -0.2) is 4.79 Å². The maximum atomic E-state index is 12.0. The van der Waals surface area contributed by atoms with Gasteiger partial charge in [-0.15, -0.1) is 0 Å². The van der Waals surface area contributed by atoms with Gasteiger partial charge in [-0.3, -0.25) is 4.79 Å². The number of ether oxygens (including phenoxy) is 1. The Bertz CT molecular complexity index is 353. The molecule has 6 nitrogen and oxygen atoms in total. The van der Waals surface area contributed by atoms with E-state index in [1.807, 2.05) is 25.7 Å². The Hall–Kier alpha value is -1.30. The highest BCUT2D eigenvalue weighted by Crippen LogP contribution is 2.17. The van der Waals surface area contributed by atoms with Crippen LogP contribution in [0.3, 0.4) is 0 Å². The number of urea groups is 1. The Labute approximate surface area is 127 Å². The molecule has 1 atom stereocenters. The minimum absolute atomic E-state index is 0.0427. The van der Waals surface area contributed by atoms with E-state index in [-0.39, 0.29) is 17.4 Å². The Morgan fingerprint density at radius 3 is 2.62 bits per heavy atom. The summed E-state index contributed by atoms with van der Waals surface area (Å²) in [4.78, 5) is 25.7. The highest BCUT2D eigenvalue weighted by Gasteiger charge is 2.26. The zero-order chi connectivity index (χ0) is 15.9. The monoisotopic (exact) mass is 299 g/mol. The molecule has 2 N–H and O–H groups in total. The molecule has 122 valence electrons. The van der Waals surface area contributed by atoms with Crippen molar-refractivity contribution >= 4 is 11.9 Å². The first kappa shape index (κ1) is 17.8. The lowest BCUT2D eigenvalue weighted by Crippen LogP contribution is -2.48. The van der Waals surface area contributed by atoms with Gasteiger partial charge in [0.1, 0.15) is 0 Å². The topological polar surface area (TPSA) is 70.7 Å². The van der Waals surface area contributed by atoms with Gasteiger partial charge < -0.3 is 20.3 Å². The average Bonchev–Trinajstić information content (AvgIpc) is 2.44. The molecule has 1 aliphatic heterocycles. The van der Waals surface area contributed by atoms with Crippen molar-refractivity contribution in [2.75, 3.05) is 39.9 Å². The number of amides is 3. The summed E-state index contributed by atoms with van der Waals surface area (Å²) >= 11 is 0. The summed E-state index contributed by atoms with van der Waals surface area (Å²) in [5, 5.41) is 5.82. The van der Waals surface area contributed by atoms with Crippen molar-refractivity contribution in [1.29, 1.82) is 0 Å². The fraction of sp³-hybridized carbons (Fsp3) is 0.867. The number of likely N-dealkylation sites (tertiary alicyclic amines) is 1. The largest absolute Gasteiger partial charge is 0.383 e.